The van der Waals surface area contributed by atoms with Crippen LogP contribution in [0.4, 0.5) is 8.78 Å². The molecule has 0 bridgehead atoms. The molecule has 1 aliphatic rings. The van der Waals surface area contributed by atoms with Crippen molar-refractivity contribution in [1.82, 2.24) is 20.3 Å². The lowest BCUT2D eigenvalue weighted by atomic mass is 10.3. The lowest BCUT2D eigenvalue weighted by Gasteiger charge is -2.13. The Bertz CT molecular complexity index is 1050. The van der Waals surface area contributed by atoms with E-state index < -0.39 is 11.5 Å². The van der Waals surface area contributed by atoms with Crippen LogP contribution in [0.3, 0.4) is 0 Å². The Kier molecular flexibility index (Phi) is 5.03. The monoisotopic (exact) mass is 420 g/mol. The number of amides is 1. The van der Waals surface area contributed by atoms with Gasteiger partial charge < -0.3 is 14.8 Å². The number of carbonyl (C=O) groups excluding carboxylic acids is 1. The molecule has 152 valence electrons. The highest BCUT2D eigenvalue weighted by atomic mass is 32.1. The van der Waals surface area contributed by atoms with Gasteiger partial charge in [-0.2, -0.15) is 0 Å². The van der Waals surface area contributed by atoms with E-state index in [1.54, 1.807) is 13.0 Å². The lowest BCUT2D eigenvalue weighted by Crippen LogP contribution is -2.35. The zero-order chi connectivity index (χ0) is 20.6. The molecule has 29 heavy (non-hydrogen) atoms. The van der Waals surface area contributed by atoms with Gasteiger partial charge in [0.2, 0.25) is 17.7 Å². The van der Waals surface area contributed by atoms with Crippen LogP contribution in [0.2, 0.25) is 0 Å². The molecule has 0 spiro atoms. The molecule has 2 aromatic heterocycles. The molecule has 1 atom stereocenters. The van der Waals surface area contributed by atoms with Crippen molar-refractivity contribution in [3.63, 3.8) is 0 Å². The Morgan fingerprint density at radius 1 is 1.31 bits per heavy atom. The summed E-state index contributed by atoms with van der Waals surface area (Å²) in [6.07, 6.45) is 3.49. The summed E-state index contributed by atoms with van der Waals surface area (Å²) in [4.78, 5) is 23.3. The molecule has 1 aliphatic carbocycles. The molecule has 1 saturated carbocycles. The molecule has 0 unspecified atom stereocenters. The zero-order valence-corrected chi connectivity index (χ0v) is 16.6. The number of ether oxygens (including phenoxy) is 2. The molecule has 1 aromatic carbocycles. The maximum atomic E-state index is 14.8. The van der Waals surface area contributed by atoms with Crippen LogP contribution in [-0.4, -0.2) is 33.5 Å². The molecule has 1 amide bonds. The van der Waals surface area contributed by atoms with Crippen LogP contribution in [0.15, 0.2) is 24.5 Å². The van der Waals surface area contributed by atoms with E-state index in [9.17, 15) is 13.6 Å². The highest BCUT2D eigenvalue weighted by Crippen LogP contribution is 2.52. The summed E-state index contributed by atoms with van der Waals surface area (Å²) in [6.45, 7) is 3.45. The Morgan fingerprint density at radius 2 is 2.03 bits per heavy atom. The standard InChI is InChI=1S/C19H18F2N4O3S/c1-10(24-11(2)26)9-27-14-7-23-15(8-22-14)28-13-4-3-12-17(16(13)20)29-18(25-12)19(21)5-6-19/h3-4,7-8,10H,5-6,9H2,1-2H3,(H,24,26)/t10-/m0/s1. The topological polar surface area (TPSA) is 86.2 Å². The van der Waals surface area contributed by atoms with Gasteiger partial charge in [0.25, 0.3) is 0 Å². The van der Waals surface area contributed by atoms with E-state index in [4.69, 9.17) is 9.47 Å². The van der Waals surface area contributed by atoms with Crippen LogP contribution in [0.25, 0.3) is 10.2 Å². The lowest BCUT2D eigenvalue weighted by molar-refractivity contribution is -0.119. The average Bonchev–Trinajstić information content (AvgIpc) is 3.26. The Balaban J connectivity index is 1.44. The number of thiazole rings is 1. The predicted molar refractivity (Wildman–Crippen MR) is 102 cm³/mol. The second-order valence-electron chi connectivity index (χ2n) is 6.92. The molecule has 0 radical (unpaired) electrons. The van der Waals surface area contributed by atoms with Crippen molar-refractivity contribution in [2.75, 3.05) is 6.61 Å². The maximum absolute atomic E-state index is 14.8. The number of carbonyl (C=O) groups is 1. The minimum Gasteiger partial charge on any atom is -0.474 e. The van der Waals surface area contributed by atoms with Gasteiger partial charge in [-0.05, 0) is 31.9 Å². The Labute approximate surface area is 169 Å². The van der Waals surface area contributed by atoms with E-state index in [1.165, 1.54) is 25.4 Å². The van der Waals surface area contributed by atoms with Gasteiger partial charge in [-0.3, -0.25) is 4.79 Å². The van der Waals surface area contributed by atoms with Gasteiger partial charge in [-0.25, -0.2) is 23.7 Å². The summed E-state index contributed by atoms with van der Waals surface area (Å²) in [5, 5.41) is 2.99. The minimum atomic E-state index is -1.41. The van der Waals surface area contributed by atoms with Crippen molar-refractivity contribution < 1.29 is 23.0 Å². The average molecular weight is 420 g/mol. The van der Waals surface area contributed by atoms with E-state index >= 15 is 0 Å². The van der Waals surface area contributed by atoms with Gasteiger partial charge in [0, 0.05) is 6.92 Å². The smallest absolute Gasteiger partial charge is 0.238 e. The van der Waals surface area contributed by atoms with Crippen LogP contribution in [0, 0.1) is 5.82 Å². The highest BCUT2D eigenvalue weighted by molar-refractivity contribution is 7.18. The van der Waals surface area contributed by atoms with Crippen LogP contribution in [-0.2, 0) is 10.5 Å². The summed E-state index contributed by atoms with van der Waals surface area (Å²) in [7, 11) is 0. The van der Waals surface area contributed by atoms with Crippen molar-refractivity contribution in [2.24, 2.45) is 0 Å². The van der Waals surface area contributed by atoms with Crippen molar-refractivity contribution in [3.8, 4) is 17.5 Å². The second-order valence-corrected chi connectivity index (χ2v) is 7.92. The number of benzene rings is 1. The number of alkyl halides is 1. The van der Waals surface area contributed by atoms with E-state index in [-0.39, 0.29) is 40.8 Å². The number of hydrogen-bond donors (Lipinski definition) is 1. The molecule has 10 heteroatoms. The first-order valence-corrected chi connectivity index (χ1v) is 9.84. The van der Waals surface area contributed by atoms with Gasteiger partial charge in [0.05, 0.1) is 28.7 Å². The largest absolute Gasteiger partial charge is 0.474 e. The molecule has 2 heterocycles. The number of nitrogens with one attached hydrogen (secondary N) is 1. The van der Waals surface area contributed by atoms with E-state index in [0.29, 0.717) is 23.4 Å². The van der Waals surface area contributed by atoms with E-state index in [1.807, 2.05) is 0 Å². The summed E-state index contributed by atoms with van der Waals surface area (Å²) >= 11 is 1.01. The molecule has 0 aliphatic heterocycles. The number of halogens is 2. The summed E-state index contributed by atoms with van der Waals surface area (Å²) in [5.74, 6) is -0.475. The number of aromatic nitrogens is 3. The number of hydrogen-bond acceptors (Lipinski definition) is 7. The molecule has 1 fully saturated rings. The van der Waals surface area contributed by atoms with Crippen molar-refractivity contribution in [2.45, 2.75) is 38.4 Å². The fourth-order valence-corrected chi connectivity index (χ4v) is 3.81. The van der Waals surface area contributed by atoms with Crippen LogP contribution < -0.4 is 14.8 Å². The van der Waals surface area contributed by atoms with Gasteiger partial charge in [0.1, 0.15) is 11.6 Å². The third-order valence-electron chi connectivity index (χ3n) is 4.28. The Morgan fingerprint density at radius 3 is 2.69 bits per heavy atom. The van der Waals surface area contributed by atoms with Crippen molar-refractivity contribution in [1.29, 1.82) is 0 Å². The molecule has 0 saturated heterocycles. The fourth-order valence-electron chi connectivity index (χ4n) is 2.68. The third kappa shape index (κ3) is 4.26. The van der Waals surface area contributed by atoms with E-state index in [2.05, 4.69) is 20.3 Å². The quantitative estimate of drug-likeness (QED) is 0.624. The maximum Gasteiger partial charge on any atom is 0.238 e. The molecular weight excluding hydrogens is 402 g/mol. The van der Waals surface area contributed by atoms with Crippen LogP contribution >= 0.6 is 11.3 Å². The molecular formula is C19H18F2N4O3S. The first kappa shape index (κ1) is 19.4. The highest BCUT2D eigenvalue weighted by Gasteiger charge is 2.48. The number of fused-ring (bicyclic) bond motifs is 1. The summed E-state index contributed by atoms with van der Waals surface area (Å²) in [5.41, 5.74) is -1.00. The SMILES string of the molecule is CC(=O)N[C@@H](C)COc1cnc(Oc2ccc3nc(C4(F)CC4)sc3c2F)cn1. The van der Waals surface area contributed by atoms with Crippen LogP contribution in [0.5, 0.6) is 17.5 Å². The van der Waals surface area contributed by atoms with Gasteiger partial charge in [-0.15, -0.1) is 11.3 Å². The van der Waals surface area contributed by atoms with Gasteiger partial charge in [-0.1, -0.05) is 0 Å². The summed E-state index contributed by atoms with van der Waals surface area (Å²) < 4.78 is 40.2. The first-order valence-electron chi connectivity index (χ1n) is 9.02. The van der Waals surface area contributed by atoms with Gasteiger partial charge in [0.15, 0.2) is 17.2 Å². The van der Waals surface area contributed by atoms with Crippen molar-refractivity contribution in [3.05, 3.63) is 35.4 Å². The first-order chi connectivity index (χ1) is 13.8. The summed E-state index contributed by atoms with van der Waals surface area (Å²) in [6, 6.07) is 2.84. The molecule has 7 nitrogen and oxygen atoms in total. The number of rotatable bonds is 7. The zero-order valence-electron chi connectivity index (χ0n) is 15.7. The predicted octanol–water partition coefficient (Wildman–Crippen LogP) is 3.88. The Hall–Kier alpha value is -2.88. The second kappa shape index (κ2) is 7.51. The number of nitrogens with zero attached hydrogens (tertiary/aromatic N) is 3. The van der Waals surface area contributed by atoms with Crippen molar-refractivity contribution >= 4 is 27.5 Å². The van der Waals surface area contributed by atoms with Gasteiger partial charge >= 0.3 is 0 Å². The minimum absolute atomic E-state index is 0.0429. The molecule has 3 aromatic rings. The normalized spacial score (nSPS) is 15.7. The van der Waals surface area contributed by atoms with Crippen LogP contribution in [0.1, 0.15) is 31.7 Å². The fraction of sp³-hybridized carbons (Fsp3) is 0.368. The molecule has 4 rings (SSSR count). The molecule has 1 N–H and O–H groups in total. The van der Waals surface area contributed by atoms with E-state index in [0.717, 1.165) is 11.3 Å². The third-order valence-corrected chi connectivity index (χ3v) is 5.53.